The maximum atomic E-state index is 12.9. The first-order valence-corrected chi connectivity index (χ1v) is 12.2. The van der Waals surface area contributed by atoms with Crippen LogP contribution in [0.3, 0.4) is 0 Å². The van der Waals surface area contributed by atoms with Crippen LogP contribution in [-0.2, 0) is 33.7 Å². The molecule has 3 aliphatic rings. The highest BCUT2D eigenvalue weighted by atomic mass is 16.5. The Morgan fingerprint density at radius 3 is 2.72 bits per heavy atom. The molecule has 32 heavy (non-hydrogen) atoms. The van der Waals surface area contributed by atoms with Gasteiger partial charge >= 0.3 is 5.97 Å². The van der Waals surface area contributed by atoms with Gasteiger partial charge in [0.25, 0.3) is 5.91 Å². The van der Waals surface area contributed by atoms with Gasteiger partial charge < -0.3 is 19.7 Å². The molecule has 1 N–H and O–H groups in total. The van der Waals surface area contributed by atoms with Gasteiger partial charge in [0.2, 0.25) is 0 Å². The topological polar surface area (TPSA) is 85.7 Å². The number of hydrogen-bond donors (Lipinski definition) is 1. The number of aryl methyl sites for hydroxylation is 1. The molecule has 1 atom stereocenters. The van der Waals surface area contributed by atoms with Gasteiger partial charge in [-0.15, -0.1) is 0 Å². The minimum Gasteiger partial charge on any atom is -0.465 e. The van der Waals surface area contributed by atoms with Crippen LogP contribution in [0.1, 0.15) is 61.3 Å². The average Bonchev–Trinajstić information content (AvgIpc) is 3.06. The van der Waals surface area contributed by atoms with Gasteiger partial charge in [0.05, 0.1) is 18.2 Å². The number of hydrogen-bond acceptors (Lipinski definition) is 6. The van der Waals surface area contributed by atoms with Gasteiger partial charge in [-0.1, -0.05) is 6.92 Å². The van der Waals surface area contributed by atoms with Crippen LogP contribution in [-0.4, -0.2) is 73.1 Å². The first-order chi connectivity index (χ1) is 15.4. The first kappa shape index (κ1) is 23.2. The van der Waals surface area contributed by atoms with E-state index in [2.05, 4.69) is 24.2 Å². The van der Waals surface area contributed by atoms with Gasteiger partial charge in [-0.25, -0.2) is 0 Å². The van der Waals surface area contributed by atoms with E-state index in [-0.39, 0.29) is 29.1 Å². The molecule has 0 aromatic carbocycles. The van der Waals surface area contributed by atoms with Crippen LogP contribution in [0, 0.1) is 17.3 Å². The van der Waals surface area contributed by atoms with Crippen LogP contribution in [0.15, 0.2) is 0 Å². The molecule has 2 saturated heterocycles. The number of esters is 1. The molecule has 0 radical (unpaired) electrons. The Kier molecular flexibility index (Phi) is 7.20. The molecule has 8 heteroatoms. The van der Waals surface area contributed by atoms with Crippen molar-refractivity contribution in [2.24, 2.45) is 17.3 Å². The monoisotopic (exact) mass is 446 g/mol. The van der Waals surface area contributed by atoms with Gasteiger partial charge in [0.1, 0.15) is 5.69 Å². The molecule has 4 heterocycles. The van der Waals surface area contributed by atoms with Gasteiger partial charge in [-0.2, -0.15) is 5.10 Å². The third-order valence-corrected chi connectivity index (χ3v) is 7.48. The normalized spacial score (nSPS) is 22.8. The lowest BCUT2D eigenvalue weighted by Gasteiger charge is -2.36. The number of fused-ring (bicyclic) bond motifs is 1. The minimum absolute atomic E-state index is 0.0195. The van der Waals surface area contributed by atoms with Crippen molar-refractivity contribution in [1.82, 2.24) is 20.0 Å². The summed E-state index contributed by atoms with van der Waals surface area (Å²) >= 11 is 0. The van der Waals surface area contributed by atoms with Gasteiger partial charge in [-0.3, -0.25) is 14.3 Å². The fourth-order valence-electron chi connectivity index (χ4n) is 5.30. The smallest absolute Gasteiger partial charge is 0.309 e. The molecule has 1 spiro atoms. The highest BCUT2D eigenvalue weighted by molar-refractivity contribution is 5.94. The number of piperidine rings is 1. The molecule has 4 rings (SSSR count). The van der Waals surface area contributed by atoms with Crippen molar-refractivity contribution in [3.63, 3.8) is 0 Å². The second-order valence-corrected chi connectivity index (χ2v) is 10.1. The summed E-state index contributed by atoms with van der Waals surface area (Å²) < 4.78 is 13.1. The second kappa shape index (κ2) is 9.91. The maximum Gasteiger partial charge on any atom is 0.309 e. The molecule has 2 fully saturated rings. The van der Waals surface area contributed by atoms with E-state index in [1.165, 1.54) is 0 Å². The summed E-state index contributed by atoms with van der Waals surface area (Å²) in [7, 11) is 2.09. The molecule has 1 amide bonds. The Balaban J connectivity index is 1.44. The predicted molar refractivity (Wildman–Crippen MR) is 120 cm³/mol. The van der Waals surface area contributed by atoms with Crippen molar-refractivity contribution in [3.05, 3.63) is 17.0 Å². The van der Waals surface area contributed by atoms with E-state index in [4.69, 9.17) is 14.6 Å². The minimum atomic E-state index is -0.0663. The molecule has 0 aliphatic carbocycles. The summed E-state index contributed by atoms with van der Waals surface area (Å²) in [6.07, 6.45) is 5.20. The third-order valence-electron chi connectivity index (χ3n) is 7.48. The molecular weight excluding hydrogens is 408 g/mol. The van der Waals surface area contributed by atoms with Gasteiger partial charge in [-0.05, 0) is 76.9 Å². The van der Waals surface area contributed by atoms with E-state index in [9.17, 15) is 9.59 Å². The van der Waals surface area contributed by atoms with Crippen molar-refractivity contribution in [2.45, 2.75) is 58.9 Å². The van der Waals surface area contributed by atoms with Crippen LogP contribution >= 0.6 is 0 Å². The molecule has 0 bridgehead atoms. The quantitative estimate of drug-likeness (QED) is 0.673. The zero-order valence-corrected chi connectivity index (χ0v) is 19.8. The molecule has 1 aromatic heterocycles. The molecule has 178 valence electrons. The Morgan fingerprint density at radius 2 is 2.03 bits per heavy atom. The summed E-state index contributed by atoms with van der Waals surface area (Å²) in [5, 5.41) is 7.98. The van der Waals surface area contributed by atoms with Crippen LogP contribution in [0.2, 0.25) is 0 Å². The van der Waals surface area contributed by atoms with Crippen LogP contribution < -0.4 is 5.32 Å². The summed E-state index contributed by atoms with van der Waals surface area (Å²) in [5.74, 6) is 0.0752. The number of amides is 1. The summed E-state index contributed by atoms with van der Waals surface area (Å²) in [6, 6.07) is 0. The maximum absolute atomic E-state index is 12.9. The zero-order chi connectivity index (χ0) is 22.7. The predicted octanol–water partition coefficient (Wildman–Crippen LogP) is 2.05. The summed E-state index contributed by atoms with van der Waals surface area (Å²) in [5.41, 5.74) is 2.81. The highest BCUT2D eigenvalue weighted by Gasteiger charge is 2.39. The van der Waals surface area contributed by atoms with E-state index in [1.807, 2.05) is 11.6 Å². The molecular formula is C24H38N4O4. The Labute approximate surface area is 191 Å². The van der Waals surface area contributed by atoms with Crippen LogP contribution in [0.5, 0.6) is 0 Å². The largest absolute Gasteiger partial charge is 0.465 e. The van der Waals surface area contributed by atoms with Crippen molar-refractivity contribution in [3.8, 4) is 0 Å². The number of likely N-dealkylation sites (tertiary alicyclic amines) is 1. The van der Waals surface area contributed by atoms with Crippen molar-refractivity contribution < 1.29 is 19.1 Å². The van der Waals surface area contributed by atoms with E-state index >= 15 is 0 Å². The highest BCUT2D eigenvalue weighted by Crippen LogP contribution is 2.38. The third kappa shape index (κ3) is 5.01. The fourth-order valence-corrected chi connectivity index (χ4v) is 5.30. The summed E-state index contributed by atoms with van der Waals surface area (Å²) in [4.78, 5) is 27.7. The molecule has 1 aromatic rings. The molecule has 8 nitrogen and oxygen atoms in total. The fraction of sp³-hybridized carbons (Fsp3) is 0.792. The van der Waals surface area contributed by atoms with Crippen molar-refractivity contribution >= 4 is 11.9 Å². The Bertz CT molecular complexity index is 822. The average molecular weight is 447 g/mol. The van der Waals surface area contributed by atoms with Crippen LogP contribution in [0.25, 0.3) is 0 Å². The van der Waals surface area contributed by atoms with Crippen molar-refractivity contribution in [2.75, 3.05) is 46.5 Å². The number of nitrogens with zero attached hydrogens (tertiary/aromatic N) is 3. The number of carbonyl (C=O) groups excluding carboxylic acids is 2. The van der Waals surface area contributed by atoms with E-state index in [1.54, 1.807) is 0 Å². The number of aromatic nitrogens is 2. The SMILES string of the molecule is CCn1nc(CC(C)COC(=O)C2CCN(C)CC2)c2c1C(=O)NCC1(CCOCC1)C2. The Hall–Kier alpha value is -1.93. The lowest BCUT2D eigenvalue weighted by atomic mass is 9.75. The summed E-state index contributed by atoms with van der Waals surface area (Å²) in [6.45, 7) is 9.24. The standard InChI is InChI=1S/C24H38N4O4/c1-4-28-21-19(14-24(16-25-22(21)29)7-11-31-12-8-24)20(26-28)13-17(2)15-32-23(30)18-5-9-27(3)10-6-18/h17-18H,4-16H2,1-3H3,(H,25,29). The number of rotatable bonds is 6. The number of ether oxygens (including phenoxy) is 2. The molecule has 3 aliphatic heterocycles. The number of nitrogens with one attached hydrogen (secondary N) is 1. The van der Waals surface area contributed by atoms with Crippen LogP contribution in [0.4, 0.5) is 0 Å². The van der Waals surface area contributed by atoms with Gasteiger partial charge in [0, 0.05) is 31.9 Å². The molecule has 1 unspecified atom stereocenters. The Morgan fingerprint density at radius 1 is 1.31 bits per heavy atom. The second-order valence-electron chi connectivity index (χ2n) is 10.1. The first-order valence-electron chi connectivity index (χ1n) is 12.2. The van der Waals surface area contributed by atoms with E-state index < -0.39 is 0 Å². The van der Waals surface area contributed by atoms with E-state index in [0.717, 1.165) is 69.7 Å². The van der Waals surface area contributed by atoms with Crippen molar-refractivity contribution in [1.29, 1.82) is 0 Å². The lowest BCUT2D eigenvalue weighted by molar-refractivity contribution is -0.151. The lowest BCUT2D eigenvalue weighted by Crippen LogP contribution is -2.40. The molecule has 0 saturated carbocycles. The number of carbonyl (C=O) groups is 2. The zero-order valence-electron chi connectivity index (χ0n) is 19.8. The van der Waals surface area contributed by atoms with E-state index in [0.29, 0.717) is 31.8 Å². The van der Waals surface area contributed by atoms with Gasteiger partial charge in [0.15, 0.2) is 0 Å².